The van der Waals surface area contributed by atoms with Crippen LogP contribution in [0.2, 0.25) is 0 Å². The molecule has 0 unspecified atom stereocenters. The zero-order valence-electron chi connectivity index (χ0n) is 14.2. The van der Waals surface area contributed by atoms with Gasteiger partial charge in [0.1, 0.15) is 25.4 Å². The Labute approximate surface area is 141 Å². The lowest BCUT2D eigenvalue weighted by atomic mass is 10.0. The molecule has 24 heavy (non-hydrogen) atoms. The lowest BCUT2D eigenvalue weighted by Crippen LogP contribution is -2.57. The van der Waals surface area contributed by atoms with E-state index in [0.29, 0.717) is 43.5 Å². The van der Waals surface area contributed by atoms with Gasteiger partial charge in [-0.1, -0.05) is 6.07 Å². The summed E-state index contributed by atoms with van der Waals surface area (Å²) >= 11 is 0. The summed E-state index contributed by atoms with van der Waals surface area (Å²) in [4.78, 5) is 14.6. The maximum Gasteiger partial charge on any atom is 0.257 e. The van der Waals surface area contributed by atoms with Crippen LogP contribution in [0.15, 0.2) is 18.2 Å². The molecule has 3 rings (SSSR count). The number of carbonyl (C=O) groups is 1. The van der Waals surface area contributed by atoms with Crippen LogP contribution in [-0.2, 0) is 14.2 Å². The van der Waals surface area contributed by atoms with E-state index in [9.17, 15) is 4.79 Å². The Bertz CT molecular complexity index is 592. The zero-order chi connectivity index (χ0) is 17.1. The highest BCUT2D eigenvalue weighted by Gasteiger charge is 2.39. The summed E-state index contributed by atoms with van der Waals surface area (Å²) in [5, 5.41) is 0. The van der Waals surface area contributed by atoms with Crippen molar-refractivity contribution in [2.45, 2.75) is 18.2 Å². The Balaban J connectivity index is 1.84. The van der Waals surface area contributed by atoms with Crippen molar-refractivity contribution in [2.24, 2.45) is 0 Å². The van der Waals surface area contributed by atoms with E-state index in [1.54, 1.807) is 44.4 Å². The Morgan fingerprint density at radius 1 is 1.17 bits per heavy atom. The van der Waals surface area contributed by atoms with Crippen LogP contribution in [0.25, 0.3) is 0 Å². The van der Waals surface area contributed by atoms with Gasteiger partial charge in [0.2, 0.25) is 0 Å². The second kappa shape index (κ2) is 7.38. The Hall–Kier alpha value is -1.83. The summed E-state index contributed by atoms with van der Waals surface area (Å²) in [5.74, 6) is 0.929. The van der Waals surface area contributed by atoms with Crippen molar-refractivity contribution in [2.75, 3.05) is 47.7 Å². The highest BCUT2D eigenvalue weighted by Crippen LogP contribution is 2.34. The predicted octanol–water partition coefficient (Wildman–Crippen LogP) is 0.959. The molecule has 0 bridgehead atoms. The third-order valence-electron chi connectivity index (χ3n) is 4.51. The number of likely N-dealkylation sites (N-methyl/N-ethyl adjacent to an activating group) is 1. The third kappa shape index (κ3) is 3.07. The first-order chi connectivity index (χ1) is 11.7. The zero-order valence-corrected chi connectivity index (χ0v) is 14.2. The Kier molecular flexibility index (Phi) is 5.23. The van der Waals surface area contributed by atoms with E-state index in [4.69, 9.17) is 23.7 Å². The molecule has 0 aromatic heterocycles. The van der Waals surface area contributed by atoms with E-state index in [1.807, 2.05) is 0 Å². The summed E-state index contributed by atoms with van der Waals surface area (Å²) in [5.41, 5.74) is 0.476. The summed E-state index contributed by atoms with van der Waals surface area (Å²) in [6.45, 7) is 1.76. The number of para-hydroxylation sites is 1. The van der Waals surface area contributed by atoms with Gasteiger partial charge in [-0.3, -0.25) is 4.79 Å². The molecule has 3 atom stereocenters. The molecule has 0 spiro atoms. The van der Waals surface area contributed by atoms with E-state index in [1.165, 1.54) is 0 Å². The molecule has 2 aliphatic heterocycles. The fourth-order valence-electron chi connectivity index (χ4n) is 3.17. The number of methoxy groups -OCH3 is 2. The van der Waals surface area contributed by atoms with Crippen molar-refractivity contribution in [3.05, 3.63) is 23.8 Å². The van der Waals surface area contributed by atoms with Crippen LogP contribution >= 0.6 is 0 Å². The maximum absolute atomic E-state index is 13.0. The highest BCUT2D eigenvalue weighted by molar-refractivity contribution is 5.98. The van der Waals surface area contributed by atoms with Gasteiger partial charge >= 0.3 is 0 Å². The normalized spacial score (nSPS) is 26.0. The molecule has 0 aliphatic carbocycles. The lowest BCUT2D eigenvalue weighted by molar-refractivity contribution is -0.147. The highest BCUT2D eigenvalue weighted by atomic mass is 16.6. The third-order valence-corrected chi connectivity index (χ3v) is 4.51. The first-order valence-corrected chi connectivity index (χ1v) is 7.96. The number of rotatable bonds is 4. The summed E-state index contributed by atoms with van der Waals surface area (Å²) in [6, 6.07) is 5.08. The Morgan fingerprint density at radius 2 is 1.96 bits per heavy atom. The molecule has 1 amide bonds. The van der Waals surface area contributed by atoms with Crippen LogP contribution in [0.1, 0.15) is 10.4 Å². The van der Waals surface area contributed by atoms with Gasteiger partial charge in [-0.2, -0.15) is 0 Å². The monoisotopic (exact) mass is 337 g/mol. The van der Waals surface area contributed by atoms with Crippen LogP contribution in [0.3, 0.4) is 0 Å². The van der Waals surface area contributed by atoms with Crippen molar-refractivity contribution < 1.29 is 28.5 Å². The minimum Gasteiger partial charge on any atom is -0.486 e. The van der Waals surface area contributed by atoms with Gasteiger partial charge in [-0.15, -0.1) is 0 Å². The number of benzene rings is 1. The maximum atomic E-state index is 13.0. The number of hydrogen-bond donors (Lipinski definition) is 0. The molecule has 2 aliphatic rings. The smallest absolute Gasteiger partial charge is 0.257 e. The largest absolute Gasteiger partial charge is 0.486 e. The van der Waals surface area contributed by atoms with E-state index < -0.39 is 0 Å². The van der Waals surface area contributed by atoms with Gasteiger partial charge in [0.15, 0.2) is 11.5 Å². The molecule has 2 heterocycles. The standard InChI is InChI=1S/C17H23NO6/c1-18(12-9-22-10-14(20-2)16(12)21-3)17(19)11-5-4-6-13-15(11)24-8-7-23-13/h4-6,12,14,16H,7-10H2,1-3H3/t12-,14-,16+/m1/s1. The number of fused-ring (bicyclic) bond motifs is 1. The number of nitrogens with zero attached hydrogens (tertiary/aromatic N) is 1. The van der Waals surface area contributed by atoms with Gasteiger partial charge in [0, 0.05) is 21.3 Å². The topological polar surface area (TPSA) is 66.5 Å². The minimum absolute atomic E-state index is 0.162. The summed E-state index contributed by atoms with van der Waals surface area (Å²) in [7, 11) is 4.97. The number of carbonyl (C=O) groups excluding carboxylic acids is 1. The number of amides is 1. The second-order valence-corrected chi connectivity index (χ2v) is 5.83. The predicted molar refractivity (Wildman–Crippen MR) is 85.7 cm³/mol. The van der Waals surface area contributed by atoms with Gasteiger partial charge in [0.25, 0.3) is 5.91 Å². The number of ether oxygens (including phenoxy) is 5. The molecular weight excluding hydrogens is 314 g/mol. The first-order valence-electron chi connectivity index (χ1n) is 7.96. The van der Waals surface area contributed by atoms with Crippen molar-refractivity contribution in [3.8, 4) is 11.5 Å². The average Bonchev–Trinajstić information content (AvgIpc) is 2.65. The molecule has 1 saturated heterocycles. The number of hydrogen-bond acceptors (Lipinski definition) is 6. The van der Waals surface area contributed by atoms with Crippen LogP contribution in [0.4, 0.5) is 0 Å². The molecule has 0 N–H and O–H groups in total. The SMILES string of the molecule is CO[C@H]1[C@H](N(C)C(=O)c2cccc3c2OCCO3)COC[C@H]1OC. The molecule has 1 aromatic carbocycles. The van der Waals surface area contributed by atoms with Crippen molar-refractivity contribution >= 4 is 5.91 Å². The van der Waals surface area contributed by atoms with E-state index in [-0.39, 0.29) is 24.2 Å². The van der Waals surface area contributed by atoms with Crippen molar-refractivity contribution in [1.29, 1.82) is 0 Å². The van der Waals surface area contributed by atoms with Crippen LogP contribution in [0, 0.1) is 0 Å². The van der Waals surface area contributed by atoms with E-state index in [2.05, 4.69) is 0 Å². The minimum atomic E-state index is -0.255. The molecule has 7 nitrogen and oxygen atoms in total. The molecule has 0 radical (unpaired) electrons. The molecule has 1 aromatic rings. The van der Waals surface area contributed by atoms with Crippen LogP contribution in [-0.4, -0.2) is 76.8 Å². The molecular formula is C17H23NO6. The van der Waals surface area contributed by atoms with Crippen molar-refractivity contribution in [3.63, 3.8) is 0 Å². The van der Waals surface area contributed by atoms with Gasteiger partial charge in [0.05, 0.1) is 24.8 Å². The molecule has 1 fully saturated rings. The average molecular weight is 337 g/mol. The molecule has 7 heteroatoms. The summed E-state index contributed by atoms with van der Waals surface area (Å²) < 4.78 is 27.8. The van der Waals surface area contributed by atoms with Gasteiger partial charge in [-0.05, 0) is 12.1 Å². The van der Waals surface area contributed by atoms with Crippen LogP contribution < -0.4 is 9.47 Å². The van der Waals surface area contributed by atoms with E-state index >= 15 is 0 Å². The fraction of sp³-hybridized carbons (Fsp3) is 0.588. The van der Waals surface area contributed by atoms with Gasteiger partial charge in [-0.25, -0.2) is 0 Å². The molecule has 0 saturated carbocycles. The fourth-order valence-corrected chi connectivity index (χ4v) is 3.17. The quantitative estimate of drug-likeness (QED) is 0.815. The summed E-state index contributed by atoms with van der Waals surface area (Å²) in [6.07, 6.45) is -0.470. The van der Waals surface area contributed by atoms with Gasteiger partial charge < -0.3 is 28.6 Å². The van der Waals surface area contributed by atoms with Crippen molar-refractivity contribution in [1.82, 2.24) is 4.90 Å². The second-order valence-electron chi connectivity index (χ2n) is 5.83. The van der Waals surface area contributed by atoms with Crippen LogP contribution in [0.5, 0.6) is 11.5 Å². The Morgan fingerprint density at radius 3 is 2.71 bits per heavy atom. The molecule has 132 valence electrons. The van der Waals surface area contributed by atoms with E-state index in [0.717, 1.165) is 0 Å². The first kappa shape index (κ1) is 17.0. The lowest BCUT2D eigenvalue weighted by Gasteiger charge is -2.40.